The number of ketones is 1. The summed E-state index contributed by atoms with van der Waals surface area (Å²) in [5.41, 5.74) is 1.73. The van der Waals surface area contributed by atoms with Gasteiger partial charge < -0.3 is 9.84 Å². The van der Waals surface area contributed by atoms with E-state index in [0.717, 1.165) is 5.56 Å². The third-order valence-corrected chi connectivity index (χ3v) is 6.36. The fourth-order valence-corrected chi connectivity index (χ4v) is 4.34. The van der Waals surface area contributed by atoms with Gasteiger partial charge in [-0.2, -0.15) is 0 Å². The number of rotatable bonds is 5. The molecule has 0 saturated carbocycles. The maximum absolute atomic E-state index is 13.6. The Morgan fingerprint density at radius 2 is 1.69 bits per heavy atom. The van der Waals surface area contributed by atoms with Gasteiger partial charge in [-0.25, -0.2) is 4.39 Å². The molecule has 1 saturated heterocycles. The third-order valence-electron chi connectivity index (χ3n) is 5.62. The molecule has 1 unspecified atom stereocenters. The molecule has 1 amide bonds. The Bertz CT molecular complexity index is 1350. The van der Waals surface area contributed by atoms with E-state index in [1.807, 2.05) is 20.8 Å². The molecule has 1 aliphatic heterocycles. The number of carbonyl (C=O) groups is 2. The second kappa shape index (κ2) is 9.72. The summed E-state index contributed by atoms with van der Waals surface area (Å²) < 4.78 is 19.3. The predicted octanol–water partition coefficient (Wildman–Crippen LogP) is 6.85. The third kappa shape index (κ3) is 4.77. The van der Waals surface area contributed by atoms with Crippen molar-refractivity contribution in [2.45, 2.75) is 32.9 Å². The van der Waals surface area contributed by atoms with E-state index in [-0.39, 0.29) is 22.5 Å². The van der Waals surface area contributed by atoms with Crippen LogP contribution in [0, 0.1) is 12.7 Å². The molecule has 4 rings (SSSR count). The maximum atomic E-state index is 13.6. The summed E-state index contributed by atoms with van der Waals surface area (Å²) in [7, 11) is 0. The average molecular weight is 514 g/mol. The zero-order valence-electron chi connectivity index (χ0n) is 19.2. The van der Waals surface area contributed by atoms with Crippen LogP contribution in [0.3, 0.4) is 0 Å². The molecule has 1 N–H and O–H groups in total. The predicted molar refractivity (Wildman–Crippen MR) is 135 cm³/mol. The summed E-state index contributed by atoms with van der Waals surface area (Å²) in [5, 5.41) is 11.8. The summed E-state index contributed by atoms with van der Waals surface area (Å²) >= 11 is 12.3. The van der Waals surface area contributed by atoms with Crippen molar-refractivity contribution in [3.05, 3.63) is 98.8 Å². The molecule has 0 bridgehead atoms. The first-order chi connectivity index (χ1) is 16.6. The molecule has 8 heteroatoms. The molecule has 5 nitrogen and oxygen atoms in total. The van der Waals surface area contributed by atoms with Crippen LogP contribution in [0.1, 0.15) is 36.6 Å². The smallest absolute Gasteiger partial charge is 0.300 e. The highest BCUT2D eigenvalue weighted by Gasteiger charge is 2.47. The molecular formula is C27H22Cl2FNO4. The van der Waals surface area contributed by atoms with Gasteiger partial charge in [-0.1, -0.05) is 29.3 Å². The zero-order chi connectivity index (χ0) is 25.4. The highest BCUT2D eigenvalue weighted by Crippen LogP contribution is 2.43. The molecule has 1 atom stereocenters. The molecule has 3 aromatic carbocycles. The number of aliphatic hydroxyl groups excluding tert-OH is 1. The van der Waals surface area contributed by atoms with Gasteiger partial charge in [0.15, 0.2) is 0 Å². The molecule has 35 heavy (non-hydrogen) atoms. The van der Waals surface area contributed by atoms with E-state index in [2.05, 4.69) is 0 Å². The Hall–Kier alpha value is -3.35. The van der Waals surface area contributed by atoms with E-state index in [9.17, 15) is 19.1 Å². The minimum atomic E-state index is -1.01. The van der Waals surface area contributed by atoms with Crippen molar-refractivity contribution in [1.29, 1.82) is 0 Å². The Morgan fingerprint density at radius 3 is 2.29 bits per heavy atom. The van der Waals surface area contributed by atoms with Crippen LogP contribution in [-0.4, -0.2) is 22.9 Å². The van der Waals surface area contributed by atoms with Crippen molar-refractivity contribution >= 4 is 46.3 Å². The van der Waals surface area contributed by atoms with E-state index in [1.54, 1.807) is 30.3 Å². The zero-order valence-corrected chi connectivity index (χ0v) is 20.7. The van der Waals surface area contributed by atoms with Crippen molar-refractivity contribution in [2.75, 3.05) is 4.90 Å². The Kier molecular flexibility index (Phi) is 6.88. The van der Waals surface area contributed by atoms with Crippen molar-refractivity contribution in [3.8, 4) is 5.75 Å². The van der Waals surface area contributed by atoms with E-state index < -0.39 is 23.5 Å². The standard InChI is InChI=1S/C27H22Cl2FNO4/c1-14(2)35-22-11-5-17(12-15(22)3)25(32)23-24(16-4-10-20(28)21(29)13-16)31(27(34)26(23)33)19-8-6-18(30)7-9-19/h4-14,24,32H,1-3H3/b25-23-. The first kappa shape index (κ1) is 24.8. The molecule has 0 aromatic heterocycles. The summed E-state index contributed by atoms with van der Waals surface area (Å²) in [5.74, 6) is -1.92. The lowest BCUT2D eigenvalue weighted by Crippen LogP contribution is -2.29. The van der Waals surface area contributed by atoms with Crippen LogP contribution in [0.15, 0.2) is 66.2 Å². The molecule has 0 radical (unpaired) electrons. The molecule has 0 aliphatic carbocycles. The van der Waals surface area contributed by atoms with Crippen molar-refractivity contribution < 1.29 is 23.8 Å². The number of halogens is 3. The van der Waals surface area contributed by atoms with Gasteiger partial charge in [0.1, 0.15) is 17.3 Å². The number of ether oxygens (including phenoxy) is 1. The first-order valence-corrected chi connectivity index (χ1v) is 11.6. The Morgan fingerprint density at radius 1 is 1.00 bits per heavy atom. The average Bonchev–Trinajstić information content (AvgIpc) is 3.07. The van der Waals surface area contributed by atoms with Crippen LogP contribution < -0.4 is 9.64 Å². The van der Waals surface area contributed by atoms with Crippen LogP contribution in [-0.2, 0) is 9.59 Å². The van der Waals surface area contributed by atoms with E-state index >= 15 is 0 Å². The fourth-order valence-electron chi connectivity index (χ4n) is 4.04. The number of Topliss-reactive ketones (excluding diaryl/α,β-unsaturated/α-hetero) is 1. The van der Waals surface area contributed by atoms with Crippen molar-refractivity contribution in [3.63, 3.8) is 0 Å². The molecular weight excluding hydrogens is 492 g/mol. The Labute approximate surface area is 212 Å². The van der Waals surface area contributed by atoms with Gasteiger partial charge in [-0.05, 0) is 86.5 Å². The van der Waals surface area contributed by atoms with E-state index in [0.29, 0.717) is 27.6 Å². The van der Waals surface area contributed by atoms with Crippen molar-refractivity contribution in [2.24, 2.45) is 0 Å². The largest absolute Gasteiger partial charge is 0.507 e. The minimum Gasteiger partial charge on any atom is -0.507 e. The lowest BCUT2D eigenvalue weighted by molar-refractivity contribution is -0.132. The number of nitrogens with zero attached hydrogens (tertiary/aromatic N) is 1. The van der Waals surface area contributed by atoms with E-state index in [1.165, 1.54) is 35.2 Å². The highest BCUT2D eigenvalue weighted by molar-refractivity contribution is 6.51. The lowest BCUT2D eigenvalue weighted by atomic mass is 9.94. The lowest BCUT2D eigenvalue weighted by Gasteiger charge is -2.25. The topological polar surface area (TPSA) is 66.8 Å². The van der Waals surface area contributed by atoms with Gasteiger partial charge in [0.2, 0.25) is 0 Å². The van der Waals surface area contributed by atoms with Crippen LogP contribution in [0.2, 0.25) is 10.0 Å². The maximum Gasteiger partial charge on any atom is 0.300 e. The number of anilines is 1. The normalized spacial score (nSPS) is 17.3. The number of aryl methyl sites for hydroxylation is 1. The minimum absolute atomic E-state index is 0.0381. The molecule has 3 aromatic rings. The number of aliphatic hydroxyl groups is 1. The number of amides is 1. The molecule has 1 aliphatic rings. The summed E-state index contributed by atoms with van der Waals surface area (Å²) in [4.78, 5) is 27.6. The summed E-state index contributed by atoms with van der Waals surface area (Å²) in [6.45, 7) is 5.63. The number of hydrogen-bond donors (Lipinski definition) is 1. The SMILES string of the molecule is Cc1cc(/C(O)=C2/C(=O)C(=O)N(c3ccc(F)cc3)C2c2ccc(Cl)c(Cl)c2)ccc1OC(C)C. The van der Waals surface area contributed by atoms with Gasteiger partial charge in [0.05, 0.1) is 27.8 Å². The highest BCUT2D eigenvalue weighted by atomic mass is 35.5. The van der Waals surface area contributed by atoms with Crippen LogP contribution in [0.4, 0.5) is 10.1 Å². The van der Waals surface area contributed by atoms with Crippen LogP contribution in [0.25, 0.3) is 5.76 Å². The van der Waals surface area contributed by atoms with Gasteiger partial charge in [-0.15, -0.1) is 0 Å². The first-order valence-electron chi connectivity index (χ1n) is 10.9. The quantitative estimate of drug-likeness (QED) is 0.230. The van der Waals surface area contributed by atoms with Gasteiger partial charge in [0.25, 0.3) is 11.7 Å². The molecule has 1 fully saturated rings. The fraction of sp³-hybridized carbons (Fsp3) is 0.185. The van der Waals surface area contributed by atoms with Crippen LogP contribution in [0.5, 0.6) is 5.75 Å². The second-order valence-electron chi connectivity index (χ2n) is 8.47. The number of carbonyl (C=O) groups excluding carboxylic acids is 2. The van der Waals surface area contributed by atoms with Gasteiger partial charge in [-0.3, -0.25) is 14.5 Å². The molecule has 180 valence electrons. The Balaban J connectivity index is 1.91. The molecule has 1 heterocycles. The van der Waals surface area contributed by atoms with E-state index in [4.69, 9.17) is 27.9 Å². The second-order valence-corrected chi connectivity index (χ2v) is 9.28. The van der Waals surface area contributed by atoms with Crippen molar-refractivity contribution in [1.82, 2.24) is 0 Å². The van der Waals surface area contributed by atoms with Gasteiger partial charge >= 0.3 is 0 Å². The van der Waals surface area contributed by atoms with Crippen LogP contribution >= 0.6 is 23.2 Å². The molecule has 0 spiro atoms. The number of benzene rings is 3. The summed E-state index contributed by atoms with van der Waals surface area (Å²) in [6, 6.07) is 13.9. The monoisotopic (exact) mass is 513 g/mol. The van der Waals surface area contributed by atoms with Gasteiger partial charge in [0, 0.05) is 11.3 Å². The number of hydrogen-bond acceptors (Lipinski definition) is 4. The summed E-state index contributed by atoms with van der Waals surface area (Å²) in [6.07, 6.45) is -0.0381.